The van der Waals surface area contributed by atoms with E-state index in [9.17, 15) is 45.8 Å². The number of phenols is 1. The van der Waals surface area contributed by atoms with Crippen molar-refractivity contribution in [3.05, 3.63) is 72.7 Å². The Bertz CT molecular complexity index is 2570. The quantitative estimate of drug-likeness (QED) is 0.00712. The van der Waals surface area contributed by atoms with Crippen LogP contribution >= 0.6 is 24.4 Å². The minimum Gasteiger partial charge on any atom is -0.744 e. The largest absolute Gasteiger partial charge is 1.00 e. The van der Waals surface area contributed by atoms with E-state index in [2.05, 4.69) is 54.5 Å². The number of nitrogens with one attached hydrogen (secondary N) is 1. The molecule has 5 aromatic rings. The van der Waals surface area contributed by atoms with Crippen LogP contribution in [-0.4, -0.2) is 55.9 Å². The van der Waals surface area contributed by atoms with Crippen LogP contribution in [0.4, 0.5) is 48.7 Å². The summed E-state index contributed by atoms with van der Waals surface area (Å²) in [6.07, 6.45) is -1.40. The molecule has 0 radical (unpaired) electrons. The third-order valence-electron chi connectivity index (χ3n) is 7.12. The normalized spacial score (nSPS) is 11.6. The number of nitrogen functional groups attached to an aromatic ring is 1. The summed E-state index contributed by atoms with van der Waals surface area (Å²) in [5.41, 5.74) is 4.79. The van der Waals surface area contributed by atoms with E-state index in [-0.39, 0.29) is 174 Å². The summed E-state index contributed by atoms with van der Waals surface area (Å²) in [6, 6.07) is 11.2. The van der Waals surface area contributed by atoms with Gasteiger partial charge in [-0.25, -0.2) is 16.8 Å². The molecule has 0 aliphatic carbocycles. The van der Waals surface area contributed by atoms with Crippen LogP contribution in [0.25, 0.3) is 10.8 Å². The van der Waals surface area contributed by atoms with Crippen LogP contribution in [0, 0.1) is 12.0 Å². The van der Waals surface area contributed by atoms with Crippen molar-refractivity contribution < 1.29 is 162 Å². The number of phenolic OH excluding ortho intramolecular Hbond substituents is 1. The molecule has 1 aromatic heterocycles. The number of rotatable bonds is 18. The number of aromatic nitrogens is 2. The first-order valence-corrected chi connectivity index (χ1v) is 19.4. The zero-order valence-corrected chi connectivity index (χ0v) is 40.4. The molecule has 0 aliphatic heterocycles. The average Bonchev–Trinajstić information content (AvgIpc) is 3.15. The Balaban J connectivity index is 0.00000413. The molecular formula is C29H21F2N8Na3O14S4. The zero-order valence-electron chi connectivity index (χ0n) is 31.1. The molecule has 60 heavy (non-hydrogen) atoms. The van der Waals surface area contributed by atoms with Gasteiger partial charge in [-0.2, -0.15) is 23.1 Å². The number of nitrogens with two attached hydrogens (primary N) is 1. The Morgan fingerprint density at radius 2 is 1.55 bits per heavy atom. The molecule has 5 rings (SSSR count). The van der Waals surface area contributed by atoms with Crippen molar-refractivity contribution in [1.82, 2.24) is 9.97 Å². The van der Waals surface area contributed by atoms with Crippen LogP contribution in [-0.2, 0) is 42.9 Å². The molecule has 0 fully saturated rings. The van der Waals surface area contributed by atoms with Gasteiger partial charge >= 0.3 is 94.8 Å². The first kappa shape index (κ1) is 53.9. The Morgan fingerprint density at radius 1 is 0.850 bits per heavy atom. The zero-order chi connectivity index (χ0) is 41.3. The molecule has 0 bridgehead atoms. The number of benzene rings is 4. The van der Waals surface area contributed by atoms with Crippen molar-refractivity contribution in [3.8, 4) is 11.5 Å². The number of sulfone groups is 1. The van der Waals surface area contributed by atoms with Crippen molar-refractivity contribution in [3.63, 3.8) is 0 Å². The summed E-state index contributed by atoms with van der Waals surface area (Å²) in [6.45, 7) is -0.407. The van der Waals surface area contributed by atoms with Gasteiger partial charge in [0.2, 0.25) is 5.95 Å². The second kappa shape index (κ2) is 24.6. The van der Waals surface area contributed by atoms with E-state index in [1.54, 1.807) is 0 Å². The van der Waals surface area contributed by atoms with Gasteiger partial charge in [-0.3, -0.25) is 14.3 Å². The fourth-order valence-electron chi connectivity index (χ4n) is 4.71. The summed E-state index contributed by atoms with van der Waals surface area (Å²) in [4.78, 5) is 4.99. The van der Waals surface area contributed by atoms with Crippen LogP contribution < -0.4 is 115 Å². The van der Waals surface area contributed by atoms with E-state index in [0.717, 1.165) is 30.3 Å². The van der Waals surface area contributed by atoms with Gasteiger partial charge in [0, 0.05) is 22.5 Å². The predicted octanol–water partition coefficient (Wildman–Crippen LogP) is -4.50. The molecule has 302 valence electrons. The summed E-state index contributed by atoms with van der Waals surface area (Å²) in [5, 5.41) is 57.2. The Kier molecular flexibility index (Phi) is 22.1. The molecule has 0 saturated heterocycles. The van der Waals surface area contributed by atoms with Gasteiger partial charge in [0.15, 0.2) is 27.9 Å². The maximum Gasteiger partial charge on any atom is 1.00 e. The second-order valence-corrected chi connectivity index (χ2v) is 15.3. The van der Waals surface area contributed by atoms with E-state index >= 15 is 0 Å². The van der Waals surface area contributed by atoms with Gasteiger partial charge < -0.3 is 36.0 Å². The number of nitrogens with zero attached hydrogens (tertiary/aromatic N) is 6. The number of fused-ring (bicyclic) bond motifs is 1. The molecule has 0 aliphatic rings. The van der Waals surface area contributed by atoms with Crippen LogP contribution in [0.2, 0.25) is 0 Å². The van der Waals surface area contributed by atoms with Gasteiger partial charge in [-0.15, -0.1) is 24.8 Å². The standard InChI is InChI=1S/C29H24F2N8O14S4.3Na/c1-48-21-6-3-15(56(43,44)9-8-49-55-53-51-42)11-19(21)36-39-27-22(54-52-50-41)12-17-16(28(27)40)4-5-18(32)26(17)38-37-20-10-14(2-7-23(20)57(45,46)47)33-25-13-24(30)34-29(31)35-25;;;/h2-7,10-13,40-42H,8-9,32H2,1H3,(H,33,34,35)(H,45,46,47);;;/q;3*+1/p-3. The number of ether oxygens (including phenoxy) is 1. The SMILES string of the molecule is COc1ccc(S(=O)(=O)CCOSOO[O-])cc1N=Nc1c(SOO[O-])cc2c(N=Nc3cc(Nc4cc(F)nc(F)n4)ccc3S(=O)(=O)[O-])c(N)ccc2c1O.[Na+].[Na+].[Na+]. The smallest absolute Gasteiger partial charge is 0.744 e. The van der Waals surface area contributed by atoms with Crippen LogP contribution in [0.5, 0.6) is 11.5 Å². The van der Waals surface area contributed by atoms with E-state index in [1.165, 1.54) is 37.4 Å². The van der Waals surface area contributed by atoms with Gasteiger partial charge in [0.1, 0.15) is 44.4 Å². The maximum atomic E-state index is 13.6. The minimum absolute atomic E-state index is 0. The molecule has 0 amide bonds. The molecule has 0 unspecified atom stereocenters. The number of azo groups is 2. The van der Waals surface area contributed by atoms with Crippen LogP contribution in [0.15, 0.2) is 95.8 Å². The van der Waals surface area contributed by atoms with E-state index in [1.807, 2.05) is 0 Å². The number of aromatic hydroxyl groups is 1. The molecule has 1 heterocycles. The first-order chi connectivity index (χ1) is 27.1. The molecule has 22 nitrogen and oxygen atoms in total. The molecular weight excluding hydrogens is 920 g/mol. The summed E-state index contributed by atoms with van der Waals surface area (Å²) in [5.74, 6) is -2.72. The molecule has 31 heteroatoms. The number of hydrogen-bond donors (Lipinski definition) is 3. The number of hydrogen-bond acceptors (Lipinski definition) is 24. The molecule has 0 atom stereocenters. The van der Waals surface area contributed by atoms with Crippen LogP contribution in [0.1, 0.15) is 0 Å². The average molecular weight is 941 g/mol. The second-order valence-electron chi connectivity index (χ2n) is 10.6. The van der Waals surface area contributed by atoms with Crippen molar-refractivity contribution in [2.75, 3.05) is 30.5 Å². The Hall–Kier alpha value is -2.24. The van der Waals surface area contributed by atoms with Gasteiger partial charge in [-0.05, 0) is 54.6 Å². The van der Waals surface area contributed by atoms with Gasteiger partial charge in [0.05, 0.1) is 51.9 Å². The number of methoxy groups -OCH3 is 1. The molecule has 0 spiro atoms. The predicted molar refractivity (Wildman–Crippen MR) is 187 cm³/mol. The topological polar surface area (TPSA) is 326 Å². The first-order valence-electron chi connectivity index (χ1n) is 14.9. The molecule has 4 N–H and O–H groups in total. The molecule has 0 saturated carbocycles. The van der Waals surface area contributed by atoms with Crippen molar-refractivity contribution in [2.45, 2.75) is 14.7 Å². The Morgan fingerprint density at radius 3 is 2.22 bits per heavy atom. The van der Waals surface area contributed by atoms with Crippen molar-refractivity contribution in [2.24, 2.45) is 20.5 Å². The minimum atomic E-state index is -5.18. The van der Waals surface area contributed by atoms with E-state index in [4.69, 9.17) is 14.7 Å². The van der Waals surface area contributed by atoms with Gasteiger partial charge in [0.25, 0.3) is 0 Å². The monoisotopic (exact) mass is 940 g/mol. The van der Waals surface area contributed by atoms with E-state index < -0.39 is 60.7 Å². The van der Waals surface area contributed by atoms with E-state index in [0.29, 0.717) is 0 Å². The van der Waals surface area contributed by atoms with Crippen molar-refractivity contribution in [1.29, 1.82) is 0 Å². The summed E-state index contributed by atoms with van der Waals surface area (Å²) >= 11 is 0.372. The van der Waals surface area contributed by atoms with Crippen molar-refractivity contribution >= 4 is 95.0 Å². The van der Waals surface area contributed by atoms with Gasteiger partial charge in [-0.1, -0.05) is 0 Å². The fourth-order valence-corrected chi connectivity index (χ4v) is 7.20. The number of halogens is 2. The third-order valence-corrected chi connectivity index (χ3v) is 10.7. The summed E-state index contributed by atoms with van der Waals surface area (Å²) in [7, 11) is -7.92. The number of anilines is 3. The van der Waals surface area contributed by atoms with Crippen LogP contribution in [0.3, 0.4) is 0 Å². The molecule has 4 aromatic carbocycles. The Labute approximate surface area is 412 Å². The maximum absolute atomic E-state index is 13.6. The fraction of sp³-hybridized carbons (Fsp3) is 0.103. The third kappa shape index (κ3) is 14.1. The summed E-state index contributed by atoms with van der Waals surface area (Å²) < 4.78 is 108.